The number of amides is 2. The van der Waals surface area contributed by atoms with Crippen LogP contribution in [-0.4, -0.2) is 37.5 Å². The molecule has 0 spiro atoms. The van der Waals surface area contributed by atoms with Crippen LogP contribution in [0.5, 0.6) is 0 Å². The SMILES string of the molecule is Cc1nn(-c2ccccc2)c(C)c1CNC(=O)N(C)Cc1c(C)nn(-c2ccccc2)c1C. The van der Waals surface area contributed by atoms with Gasteiger partial charge < -0.3 is 10.2 Å². The Morgan fingerprint density at radius 2 is 1.24 bits per heavy atom. The number of rotatable bonds is 6. The number of urea groups is 1. The van der Waals surface area contributed by atoms with E-state index in [-0.39, 0.29) is 6.03 Å². The first-order valence-corrected chi connectivity index (χ1v) is 11.1. The van der Waals surface area contributed by atoms with Crippen LogP contribution < -0.4 is 5.32 Å². The Labute approximate surface area is 194 Å². The number of para-hydroxylation sites is 2. The third kappa shape index (κ3) is 4.53. The second-order valence-electron chi connectivity index (χ2n) is 8.31. The van der Waals surface area contributed by atoms with Gasteiger partial charge in [0, 0.05) is 36.1 Å². The van der Waals surface area contributed by atoms with Gasteiger partial charge in [0.25, 0.3) is 0 Å². The van der Waals surface area contributed by atoms with E-state index in [9.17, 15) is 4.79 Å². The summed E-state index contributed by atoms with van der Waals surface area (Å²) >= 11 is 0. The molecule has 7 heteroatoms. The number of hydrogen-bond acceptors (Lipinski definition) is 3. The van der Waals surface area contributed by atoms with Crippen molar-refractivity contribution >= 4 is 6.03 Å². The molecule has 2 amide bonds. The number of aryl methyl sites for hydroxylation is 2. The van der Waals surface area contributed by atoms with Crippen LogP contribution in [0.2, 0.25) is 0 Å². The van der Waals surface area contributed by atoms with E-state index in [1.807, 2.05) is 97.7 Å². The van der Waals surface area contributed by atoms with Crippen molar-refractivity contribution in [1.29, 1.82) is 0 Å². The quantitative estimate of drug-likeness (QED) is 0.473. The van der Waals surface area contributed by atoms with E-state index >= 15 is 0 Å². The summed E-state index contributed by atoms with van der Waals surface area (Å²) in [6.07, 6.45) is 0. The Bertz CT molecular complexity index is 1260. The first-order chi connectivity index (χ1) is 15.9. The summed E-state index contributed by atoms with van der Waals surface area (Å²) in [5.74, 6) is 0. The molecule has 4 rings (SSSR count). The van der Waals surface area contributed by atoms with Crippen LogP contribution in [0.1, 0.15) is 33.9 Å². The lowest BCUT2D eigenvalue weighted by Gasteiger charge is -2.18. The minimum atomic E-state index is -0.132. The van der Waals surface area contributed by atoms with Crippen molar-refractivity contribution in [2.24, 2.45) is 0 Å². The van der Waals surface area contributed by atoms with Crippen LogP contribution in [-0.2, 0) is 13.1 Å². The van der Waals surface area contributed by atoms with E-state index in [4.69, 9.17) is 0 Å². The molecule has 4 aromatic rings. The molecule has 0 atom stereocenters. The molecule has 7 nitrogen and oxygen atoms in total. The molecule has 0 saturated carbocycles. The Morgan fingerprint density at radius 1 is 0.788 bits per heavy atom. The van der Waals surface area contributed by atoms with Gasteiger partial charge in [0.05, 0.1) is 29.3 Å². The summed E-state index contributed by atoms with van der Waals surface area (Å²) in [7, 11) is 1.81. The second kappa shape index (κ2) is 9.32. The molecular weight excluding hydrogens is 412 g/mol. The van der Waals surface area contributed by atoms with Gasteiger partial charge in [0.1, 0.15) is 0 Å². The number of nitrogens with zero attached hydrogens (tertiary/aromatic N) is 5. The van der Waals surface area contributed by atoms with Crippen molar-refractivity contribution in [2.75, 3.05) is 7.05 Å². The number of carbonyl (C=O) groups excluding carboxylic acids is 1. The van der Waals surface area contributed by atoms with Crippen molar-refractivity contribution < 1.29 is 4.79 Å². The highest BCUT2D eigenvalue weighted by atomic mass is 16.2. The topological polar surface area (TPSA) is 68.0 Å². The maximum atomic E-state index is 12.9. The highest BCUT2D eigenvalue weighted by Crippen LogP contribution is 2.20. The largest absolute Gasteiger partial charge is 0.334 e. The molecule has 0 radical (unpaired) electrons. The molecule has 0 fully saturated rings. The fourth-order valence-electron chi connectivity index (χ4n) is 4.08. The normalized spacial score (nSPS) is 10.9. The first kappa shape index (κ1) is 22.3. The lowest BCUT2D eigenvalue weighted by molar-refractivity contribution is 0.206. The number of aromatic nitrogens is 4. The lowest BCUT2D eigenvalue weighted by atomic mass is 10.2. The van der Waals surface area contributed by atoms with Crippen LogP contribution in [0.25, 0.3) is 11.4 Å². The van der Waals surface area contributed by atoms with Crippen LogP contribution in [0, 0.1) is 27.7 Å². The van der Waals surface area contributed by atoms with E-state index in [1.54, 1.807) is 11.9 Å². The fraction of sp³-hybridized carbons (Fsp3) is 0.269. The fourth-order valence-corrected chi connectivity index (χ4v) is 4.08. The monoisotopic (exact) mass is 442 g/mol. The van der Waals surface area contributed by atoms with Crippen LogP contribution in [0.3, 0.4) is 0 Å². The Morgan fingerprint density at radius 3 is 1.76 bits per heavy atom. The maximum absolute atomic E-state index is 12.9. The van der Waals surface area contributed by atoms with E-state index in [0.29, 0.717) is 13.1 Å². The van der Waals surface area contributed by atoms with E-state index < -0.39 is 0 Å². The molecule has 0 unspecified atom stereocenters. The van der Waals surface area contributed by atoms with E-state index in [1.165, 1.54) is 0 Å². The summed E-state index contributed by atoms with van der Waals surface area (Å²) in [5, 5.41) is 12.4. The smallest absolute Gasteiger partial charge is 0.317 e. The van der Waals surface area contributed by atoms with Gasteiger partial charge in [0.2, 0.25) is 0 Å². The minimum absolute atomic E-state index is 0.132. The van der Waals surface area contributed by atoms with Crippen molar-refractivity contribution in [3.05, 3.63) is 94.6 Å². The predicted octanol–water partition coefficient (Wildman–Crippen LogP) is 4.63. The molecule has 2 aromatic carbocycles. The summed E-state index contributed by atoms with van der Waals surface area (Å²) in [6, 6.07) is 19.9. The highest BCUT2D eigenvalue weighted by Gasteiger charge is 2.18. The van der Waals surface area contributed by atoms with Gasteiger partial charge >= 0.3 is 6.03 Å². The summed E-state index contributed by atoms with van der Waals surface area (Å²) in [5.41, 5.74) is 8.01. The summed E-state index contributed by atoms with van der Waals surface area (Å²) < 4.78 is 3.85. The molecular formula is C26H30N6O. The Kier molecular flexibility index (Phi) is 6.31. The third-order valence-corrected chi connectivity index (χ3v) is 6.04. The van der Waals surface area contributed by atoms with Gasteiger partial charge in [-0.1, -0.05) is 36.4 Å². The Hall–Kier alpha value is -3.87. The number of hydrogen-bond donors (Lipinski definition) is 1. The summed E-state index contributed by atoms with van der Waals surface area (Å²) in [6.45, 7) is 8.94. The van der Waals surface area contributed by atoms with Gasteiger partial charge in [-0.3, -0.25) is 0 Å². The third-order valence-electron chi connectivity index (χ3n) is 6.04. The van der Waals surface area contributed by atoms with Gasteiger partial charge in [-0.05, 0) is 52.0 Å². The second-order valence-corrected chi connectivity index (χ2v) is 8.31. The van der Waals surface area contributed by atoms with Gasteiger partial charge in [-0.15, -0.1) is 0 Å². The average Bonchev–Trinajstić information content (AvgIpc) is 3.28. The molecule has 2 aromatic heterocycles. The molecule has 2 heterocycles. The Balaban J connectivity index is 1.45. The predicted molar refractivity (Wildman–Crippen MR) is 130 cm³/mol. The molecule has 33 heavy (non-hydrogen) atoms. The maximum Gasteiger partial charge on any atom is 0.317 e. The van der Waals surface area contributed by atoms with E-state index in [0.717, 1.165) is 45.3 Å². The zero-order valence-electron chi connectivity index (χ0n) is 19.8. The van der Waals surface area contributed by atoms with Crippen molar-refractivity contribution in [3.63, 3.8) is 0 Å². The van der Waals surface area contributed by atoms with Crippen LogP contribution in [0.15, 0.2) is 60.7 Å². The molecule has 0 saturated heterocycles. The van der Waals surface area contributed by atoms with Crippen molar-refractivity contribution in [3.8, 4) is 11.4 Å². The summed E-state index contributed by atoms with van der Waals surface area (Å²) in [4.78, 5) is 14.6. The van der Waals surface area contributed by atoms with Crippen molar-refractivity contribution in [1.82, 2.24) is 29.8 Å². The first-order valence-electron chi connectivity index (χ1n) is 11.1. The van der Waals surface area contributed by atoms with Crippen molar-refractivity contribution in [2.45, 2.75) is 40.8 Å². The van der Waals surface area contributed by atoms with Gasteiger partial charge in [0.15, 0.2) is 0 Å². The minimum Gasteiger partial charge on any atom is -0.334 e. The van der Waals surface area contributed by atoms with Crippen LogP contribution >= 0.6 is 0 Å². The number of benzene rings is 2. The lowest BCUT2D eigenvalue weighted by Crippen LogP contribution is -2.36. The molecule has 0 aliphatic carbocycles. The standard InChI is InChI=1S/C26H30N6O/c1-18-24(20(3)31(28-18)22-12-8-6-9-13-22)16-27-26(33)30(5)17-25-19(2)29-32(21(25)4)23-14-10-7-11-15-23/h6-15H,16-17H2,1-5H3,(H,27,33). The average molecular weight is 443 g/mol. The number of carbonyl (C=O) groups is 1. The zero-order valence-corrected chi connectivity index (χ0v) is 19.8. The molecule has 0 aliphatic heterocycles. The van der Waals surface area contributed by atoms with Crippen LogP contribution in [0.4, 0.5) is 4.79 Å². The number of nitrogens with one attached hydrogen (secondary N) is 1. The molecule has 170 valence electrons. The van der Waals surface area contributed by atoms with E-state index in [2.05, 4.69) is 15.5 Å². The molecule has 0 bridgehead atoms. The zero-order chi connectivity index (χ0) is 23.5. The van der Waals surface area contributed by atoms with Gasteiger partial charge in [-0.2, -0.15) is 10.2 Å². The molecule has 1 N–H and O–H groups in total. The van der Waals surface area contributed by atoms with Gasteiger partial charge in [-0.25, -0.2) is 14.2 Å². The highest BCUT2D eigenvalue weighted by molar-refractivity contribution is 5.74. The molecule has 0 aliphatic rings.